The number of nitrogens with one attached hydrogen (secondary N) is 1. The van der Waals surface area contributed by atoms with Crippen molar-refractivity contribution < 1.29 is 0 Å². The van der Waals surface area contributed by atoms with E-state index in [2.05, 4.69) is 52.9 Å². The van der Waals surface area contributed by atoms with Crippen molar-refractivity contribution in [1.82, 2.24) is 10.3 Å². The molecule has 17 heavy (non-hydrogen) atoms. The molecule has 1 unspecified atom stereocenters. The van der Waals surface area contributed by atoms with Crippen LogP contribution in [0.25, 0.3) is 0 Å². The van der Waals surface area contributed by atoms with Gasteiger partial charge in [0.1, 0.15) is 0 Å². The highest BCUT2D eigenvalue weighted by Gasteiger charge is 2.12. The molecule has 2 nitrogen and oxygen atoms in total. The SMILES string of the molecule is CNCC(Cc1csc(C)n1)c1ccccc1. The Labute approximate surface area is 107 Å². The van der Waals surface area contributed by atoms with Gasteiger partial charge in [-0.05, 0) is 26.0 Å². The van der Waals surface area contributed by atoms with Crippen LogP contribution in [0, 0.1) is 6.92 Å². The molecule has 0 bridgehead atoms. The average molecular weight is 246 g/mol. The molecule has 0 aliphatic heterocycles. The first-order valence-corrected chi connectivity index (χ1v) is 6.78. The minimum atomic E-state index is 0.502. The van der Waals surface area contributed by atoms with Crippen molar-refractivity contribution in [2.45, 2.75) is 19.3 Å². The third-order valence-electron chi connectivity index (χ3n) is 2.84. The zero-order valence-electron chi connectivity index (χ0n) is 10.3. The smallest absolute Gasteiger partial charge is 0.0897 e. The van der Waals surface area contributed by atoms with Crippen molar-refractivity contribution in [3.8, 4) is 0 Å². The molecule has 90 valence electrons. The minimum absolute atomic E-state index is 0.502. The van der Waals surface area contributed by atoms with Gasteiger partial charge in [-0.1, -0.05) is 30.3 Å². The number of nitrogens with zero attached hydrogens (tertiary/aromatic N) is 1. The van der Waals surface area contributed by atoms with Gasteiger partial charge in [-0.2, -0.15) is 0 Å². The van der Waals surface area contributed by atoms with Crippen LogP contribution in [0.5, 0.6) is 0 Å². The molecular weight excluding hydrogens is 228 g/mol. The van der Waals surface area contributed by atoms with Crippen LogP contribution in [0.1, 0.15) is 22.2 Å². The summed E-state index contributed by atoms with van der Waals surface area (Å²) in [5, 5.41) is 6.59. The molecule has 1 N–H and O–H groups in total. The molecule has 1 aromatic carbocycles. The number of rotatable bonds is 5. The van der Waals surface area contributed by atoms with Crippen LogP contribution in [0.4, 0.5) is 0 Å². The van der Waals surface area contributed by atoms with Crippen molar-refractivity contribution in [3.63, 3.8) is 0 Å². The summed E-state index contributed by atoms with van der Waals surface area (Å²) >= 11 is 1.73. The van der Waals surface area contributed by atoms with Crippen LogP contribution >= 0.6 is 11.3 Å². The Morgan fingerprint density at radius 2 is 2.06 bits per heavy atom. The van der Waals surface area contributed by atoms with E-state index in [4.69, 9.17) is 0 Å². The second-order valence-electron chi connectivity index (χ2n) is 4.23. The molecule has 0 saturated carbocycles. The van der Waals surface area contributed by atoms with Crippen molar-refractivity contribution in [1.29, 1.82) is 0 Å². The fourth-order valence-corrected chi connectivity index (χ4v) is 2.66. The molecule has 0 amide bonds. The maximum atomic E-state index is 4.55. The Kier molecular flexibility index (Phi) is 4.29. The number of aromatic nitrogens is 1. The lowest BCUT2D eigenvalue weighted by atomic mass is 9.94. The van der Waals surface area contributed by atoms with Gasteiger partial charge >= 0.3 is 0 Å². The minimum Gasteiger partial charge on any atom is -0.319 e. The van der Waals surface area contributed by atoms with Crippen molar-refractivity contribution in [3.05, 3.63) is 52.0 Å². The van der Waals surface area contributed by atoms with Gasteiger partial charge in [-0.15, -0.1) is 11.3 Å². The van der Waals surface area contributed by atoms with E-state index in [1.54, 1.807) is 11.3 Å². The van der Waals surface area contributed by atoms with Gasteiger partial charge in [0.2, 0.25) is 0 Å². The molecule has 1 aromatic heterocycles. The molecule has 3 heteroatoms. The molecular formula is C14H18N2S. The molecule has 0 spiro atoms. The Morgan fingerprint density at radius 1 is 1.29 bits per heavy atom. The van der Waals surface area contributed by atoms with Crippen molar-refractivity contribution in [2.75, 3.05) is 13.6 Å². The Hall–Kier alpha value is -1.19. The quantitative estimate of drug-likeness (QED) is 0.877. The van der Waals surface area contributed by atoms with Gasteiger partial charge in [-0.25, -0.2) is 4.98 Å². The van der Waals surface area contributed by atoms with Crippen LogP contribution < -0.4 is 5.32 Å². The lowest BCUT2D eigenvalue weighted by Gasteiger charge is -2.15. The van der Waals surface area contributed by atoms with Gasteiger partial charge in [0.25, 0.3) is 0 Å². The summed E-state index contributed by atoms with van der Waals surface area (Å²) in [6.07, 6.45) is 1.01. The van der Waals surface area contributed by atoms with Crippen LogP contribution in [0.2, 0.25) is 0 Å². The number of likely N-dealkylation sites (N-methyl/N-ethyl adjacent to an activating group) is 1. The van der Waals surface area contributed by atoms with Gasteiger partial charge in [0.15, 0.2) is 0 Å². The maximum absolute atomic E-state index is 4.55. The van der Waals surface area contributed by atoms with Gasteiger partial charge in [0, 0.05) is 17.8 Å². The van der Waals surface area contributed by atoms with E-state index in [-0.39, 0.29) is 0 Å². The molecule has 0 radical (unpaired) electrons. The van der Waals surface area contributed by atoms with E-state index in [0.29, 0.717) is 5.92 Å². The summed E-state index contributed by atoms with van der Waals surface area (Å²) in [5.74, 6) is 0.502. The zero-order chi connectivity index (χ0) is 12.1. The van der Waals surface area contributed by atoms with E-state index in [1.165, 1.54) is 11.3 Å². The highest BCUT2D eigenvalue weighted by atomic mass is 32.1. The van der Waals surface area contributed by atoms with Gasteiger partial charge in [-0.3, -0.25) is 0 Å². The first-order chi connectivity index (χ1) is 8.29. The van der Waals surface area contributed by atoms with Crippen LogP contribution in [0.3, 0.4) is 0 Å². The lowest BCUT2D eigenvalue weighted by Crippen LogP contribution is -2.19. The summed E-state index contributed by atoms with van der Waals surface area (Å²) in [7, 11) is 2.00. The second-order valence-corrected chi connectivity index (χ2v) is 5.29. The average Bonchev–Trinajstić information content (AvgIpc) is 2.75. The highest BCUT2D eigenvalue weighted by Crippen LogP contribution is 2.21. The summed E-state index contributed by atoms with van der Waals surface area (Å²) in [5.41, 5.74) is 2.59. The number of thiazole rings is 1. The Balaban J connectivity index is 2.13. The zero-order valence-corrected chi connectivity index (χ0v) is 11.1. The molecule has 0 aliphatic carbocycles. The number of hydrogen-bond donors (Lipinski definition) is 1. The number of hydrogen-bond acceptors (Lipinski definition) is 3. The topological polar surface area (TPSA) is 24.9 Å². The maximum Gasteiger partial charge on any atom is 0.0897 e. The first kappa shape index (κ1) is 12.3. The predicted molar refractivity (Wildman–Crippen MR) is 73.7 cm³/mol. The normalized spacial score (nSPS) is 12.6. The molecule has 1 heterocycles. The summed E-state index contributed by atoms with van der Waals surface area (Å²) in [6.45, 7) is 3.05. The number of aryl methyl sites for hydroxylation is 1. The van der Waals surface area contributed by atoms with E-state index in [0.717, 1.165) is 18.0 Å². The van der Waals surface area contributed by atoms with Crippen LogP contribution in [-0.4, -0.2) is 18.6 Å². The molecule has 0 saturated heterocycles. The fourth-order valence-electron chi connectivity index (χ4n) is 2.03. The van der Waals surface area contributed by atoms with E-state index in [1.807, 2.05) is 7.05 Å². The molecule has 0 fully saturated rings. The Morgan fingerprint density at radius 3 is 2.65 bits per heavy atom. The molecule has 1 atom stereocenters. The number of benzene rings is 1. The van der Waals surface area contributed by atoms with E-state index < -0.39 is 0 Å². The van der Waals surface area contributed by atoms with Gasteiger partial charge in [0.05, 0.1) is 10.7 Å². The summed E-state index contributed by atoms with van der Waals surface area (Å²) in [6, 6.07) is 10.7. The summed E-state index contributed by atoms with van der Waals surface area (Å²) in [4.78, 5) is 4.55. The van der Waals surface area contributed by atoms with Gasteiger partial charge < -0.3 is 5.32 Å². The fraction of sp³-hybridized carbons (Fsp3) is 0.357. The molecule has 0 aliphatic rings. The largest absolute Gasteiger partial charge is 0.319 e. The highest BCUT2D eigenvalue weighted by molar-refractivity contribution is 7.09. The van der Waals surface area contributed by atoms with E-state index in [9.17, 15) is 0 Å². The molecule has 2 rings (SSSR count). The van der Waals surface area contributed by atoms with Crippen LogP contribution in [0.15, 0.2) is 35.7 Å². The third-order valence-corrected chi connectivity index (χ3v) is 3.67. The Bertz CT molecular complexity index is 450. The lowest BCUT2D eigenvalue weighted by molar-refractivity contribution is 0.619. The first-order valence-electron chi connectivity index (χ1n) is 5.90. The standard InChI is InChI=1S/C14H18N2S/c1-11-16-14(10-17-11)8-13(9-15-2)12-6-4-3-5-7-12/h3-7,10,13,15H,8-9H2,1-2H3. The third kappa shape index (κ3) is 3.38. The monoisotopic (exact) mass is 246 g/mol. The molecule has 2 aromatic rings. The van der Waals surface area contributed by atoms with Crippen molar-refractivity contribution >= 4 is 11.3 Å². The van der Waals surface area contributed by atoms with Crippen molar-refractivity contribution in [2.24, 2.45) is 0 Å². The predicted octanol–water partition coefficient (Wildman–Crippen LogP) is 3.00. The summed E-state index contributed by atoms with van der Waals surface area (Å²) < 4.78 is 0. The second kappa shape index (κ2) is 5.94. The van der Waals surface area contributed by atoms with Crippen LogP contribution in [-0.2, 0) is 6.42 Å². The van der Waals surface area contributed by atoms with E-state index >= 15 is 0 Å².